The molecule has 0 aliphatic rings. The number of aliphatic imine (C=N–C) groups is 1. The number of benzene rings is 1. The minimum absolute atomic E-state index is 0.219. The van der Waals surface area contributed by atoms with Gasteiger partial charge in [0.25, 0.3) is 0 Å². The van der Waals surface area contributed by atoms with Gasteiger partial charge in [-0.05, 0) is 30.5 Å². The van der Waals surface area contributed by atoms with E-state index in [-0.39, 0.29) is 5.82 Å². The molecular formula is C19H28FN5. The van der Waals surface area contributed by atoms with Gasteiger partial charge in [0.05, 0.1) is 0 Å². The van der Waals surface area contributed by atoms with Crippen molar-refractivity contribution in [3.63, 3.8) is 0 Å². The average molecular weight is 345 g/mol. The normalized spacial score (nSPS) is 11.8. The maximum Gasteiger partial charge on any atom is 0.194 e. The molecule has 0 bridgehead atoms. The molecule has 0 saturated heterocycles. The molecule has 0 aliphatic heterocycles. The molecule has 0 fully saturated rings. The summed E-state index contributed by atoms with van der Waals surface area (Å²) >= 11 is 0. The van der Waals surface area contributed by atoms with Crippen LogP contribution in [0, 0.1) is 11.7 Å². The quantitative estimate of drug-likeness (QED) is 0.619. The van der Waals surface area contributed by atoms with Crippen LogP contribution in [0.4, 0.5) is 4.39 Å². The lowest BCUT2D eigenvalue weighted by molar-refractivity contribution is 0.473. The molecule has 1 N–H and O–H groups in total. The van der Waals surface area contributed by atoms with Crippen LogP contribution in [0.2, 0.25) is 0 Å². The molecule has 5 nitrogen and oxygen atoms in total. The van der Waals surface area contributed by atoms with Gasteiger partial charge in [0, 0.05) is 39.1 Å². The molecule has 0 radical (unpaired) electrons. The van der Waals surface area contributed by atoms with E-state index in [1.807, 2.05) is 31.3 Å². The molecule has 2 aromatic rings. The van der Waals surface area contributed by atoms with E-state index in [0.717, 1.165) is 30.4 Å². The summed E-state index contributed by atoms with van der Waals surface area (Å²) in [6.45, 7) is 9.32. The second-order valence-corrected chi connectivity index (χ2v) is 6.54. The van der Waals surface area contributed by atoms with E-state index in [4.69, 9.17) is 4.99 Å². The third-order valence-corrected chi connectivity index (χ3v) is 3.76. The van der Waals surface area contributed by atoms with Crippen molar-refractivity contribution in [2.75, 3.05) is 13.6 Å². The number of rotatable bonds is 7. The van der Waals surface area contributed by atoms with Gasteiger partial charge >= 0.3 is 0 Å². The molecule has 0 atom stereocenters. The molecule has 6 heteroatoms. The molecule has 2 rings (SSSR count). The number of nitrogens with one attached hydrogen (secondary N) is 1. The third-order valence-electron chi connectivity index (χ3n) is 3.76. The van der Waals surface area contributed by atoms with Gasteiger partial charge in [-0.15, -0.1) is 0 Å². The Morgan fingerprint density at radius 1 is 1.32 bits per heavy atom. The van der Waals surface area contributed by atoms with Gasteiger partial charge < -0.3 is 14.8 Å². The van der Waals surface area contributed by atoms with Crippen molar-refractivity contribution < 1.29 is 4.39 Å². The Bertz CT molecular complexity index is 675. The largest absolute Gasteiger partial charge is 0.357 e. The number of halogens is 1. The Hall–Kier alpha value is -2.37. The molecule has 1 aromatic carbocycles. The first kappa shape index (κ1) is 19.0. The molecule has 1 heterocycles. The first-order valence-corrected chi connectivity index (χ1v) is 8.73. The molecule has 0 aliphatic carbocycles. The van der Waals surface area contributed by atoms with Crippen LogP contribution in [0.25, 0.3) is 0 Å². The zero-order valence-corrected chi connectivity index (χ0v) is 15.5. The topological polar surface area (TPSA) is 45.5 Å². The minimum Gasteiger partial charge on any atom is -0.357 e. The van der Waals surface area contributed by atoms with Crippen LogP contribution in [0.15, 0.2) is 41.7 Å². The Morgan fingerprint density at radius 3 is 2.68 bits per heavy atom. The van der Waals surface area contributed by atoms with Gasteiger partial charge in [-0.1, -0.05) is 26.0 Å². The Kier molecular flexibility index (Phi) is 6.98. The molecular weight excluding hydrogens is 317 g/mol. The van der Waals surface area contributed by atoms with Gasteiger partial charge in [0.15, 0.2) is 5.96 Å². The summed E-state index contributed by atoms with van der Waals surface area (Å²) in [6.07, 6.45) is 3.82. The highest BCUT2D eigenvalue weighted by atomic mass is 19.1. The highest BCUT2D eigenvalue weighted by molar-refractivity contribution is 5.79. The van der Waals surface area contributed by atoms with Crippen molar-refractivity contribution >= 4 is 5.96 Å². The van der Waals surface area contributed by atoms with Gasteiger partial charge in [0.1, 0.15) is 18.2 Å². The van der Waals surface area contributed by atoms with Crippen molar-refractivity contribution in [1.82, 2.24) is 19.8 Å². The fourth-order valence-corrected chi connectivity index (χ4v) is 2.61. The van der Waals surface area contributed by atoms with Gasteiger partial charge in [-0.2, -0.15) is 0 Å². The summed E-state index contributed by atoms with van der Waals surface area (Å²) < 4.78 is 15.2. The summed E-state index contributed by atoms with van der Waals surface area (Å²) in [4.78, 5) is 11.2. The lowest BCUT2D eigenvalue weighted by Gasteiger charge is -2.22. The zero-order valence-electron chi connectivity index (χ0n) is 15.5. The van der Waals surface area contributed by atoms with Crippen molar-refractivity contribution in [2.24, 2.45) is 10.9 Å². The Labute approximate surface area is 149 Å². The maximum atomic E-state index is 13.1. The SMILES string of the molecule is CCNC(=NCc1nccn1CC(C)C)N(C)Cc1ccc(F)cc1. The monoisotopic (exact) mass is 345 g/mol. The highest BCUT2D eigenvalue weighted by Gasteiger charge is 2.09. The lowest BCUT2D eigenvalue weighted by Crippen LogP contribution is -2.38. The number of nitrogens with zero attached hydrogens (tertiary/aromatic N) is 4. The standard InChI is InChI=1S/C19H28FN5/c1-5-21-19(24(4)14-16-6-8-17(20)9-7-16)23-12-18-22-10-11-25(18)13-15(2)3/h6-11,15H,5,12-14H2,1-4H3,(H,21,23). The van der Waals surface area contributed by atoms with E-state index in [1.54, 1.807) is 12.1 Å². The van der Waals surface area contributed by atoms with Crippen molar-refractivity contribution in [3.05, 3.63) is 53.9 Å². The number of hydrogen-bond donors (Lipinski definition) is 1. The first-order valence-electron chi connectivity index (χ1n) is 8.73. The molecule has 0 saturated carbocycles. The minimum atomic E-state index is -0.219. The fourth-order valence-electron chi connectivity index (χ4n) is 2.61. The highest BCUT2D eigenvalue weighted by Crippen LogP contribution is 2.08. The van der Waals surface area contributed by atoms with Crippen LogP contribution in [0.1, 0.15) is 32.2 Å². The molecule has 0 spiro atoms. The van der Waals surface area contributed by atoms with Gasteiger partial charge in [-0.3, -0.25) is 0 Å². The first-order chi connectivity index (χ1) is 12.0. The second kappa shape index (κ2) is 9.20. The summed E-state index contributed by atoms with van der Waals surface area (Å²) in [6, 6.07) is 6.56. The Balaban J connectivity index is 2.07. The van der Waals surface area contributed by atoms with Crippen molar-refractivity contribution in [2.45, 2.75) is 40.4 Å². The van der Waals surface area contributed by atoms with E-state index in [0.29, 0.717) is 19.0 Å². The van der Waals surface area contributed by atoms with Crippen molar-refractivity contribution in [1.29, 1.82) is 0 Å². The van der Waals surface area contributed by atoms with Gasteiger partial charge in [-0.25, -0.2) is 14.4 Å². The summed E-state index contributed by atoms with van der Waals surface area (Å²) in [5.74, 6) is 2.11. The molecule has 0 unspecified atom stereocenters. The smallest absolute Gasteiger partial charge is 0.194 e. The van der Waals surface area contributed by atoms with Crippen LogP contribution in [-0.2, 0) is 19.6 Å². The van der Waals surface area contributed by atoms with E-state index < -0.39 is 0 Å². The molecule has 136 valence electrons. The second-order valence-electron chi connectivity index (χ2n) is 6.54. The van der Waals surface area contributed by atoms with Crippen LogP contribution in [0.3, 0.4) is 0 Å². The van der Waals surface area contributed by atoms with Crippen LogP contribution in [0.5, 0.6) is 0 Å². The van der Waals surface area contributed by atoms with Gasteiger partial charge in [0.2, 0.25) is 0 Å². The summed E-state index contributed by atoms with van der Waals surface area (Å²) in [7, 11) is 1.98. The molecule has 0 amide bonds. The molecule has 1 aromatic heterocycles. The lowest BCUT2D eigenvalue weighted by atomic mass is 10.2. The van der Waals surface area contributed by atoms with Crippen LogP contribution >= 0.6 is 0 Å². The summed E-state index contributed by atoms with van der Waals surface area (Å²) in [5, 5.41) is 3.30. The van der Waals surface area contributed by atoms with Crippen LogP contribution < -0.4 is 5.32 Å². The maximum absolute atomic E-state index is 13.1. The predicted octanol–water partition coefficient (Wildman–Crippen LogP) is 3.28. The summed E-state index contributed by atoms with van der Waals surface area (Å²) in [5.41, 5.74) is 1.04. The zero-order chi connectivity index (χ0) is 18.2. The van der Waals surface area contributed by atoms with Crippen molar-refractivity contribution in [3.8, 4) is 0 Å². The predicted molar refractivity (Wildman–Crippen MR) is 99.7 cm³/mol. The number of aromatic nitrogens is 2. The Morgan fingerprint density at radius 2 is 2.04 bits per heavy atom. The fraction of sp³-hybridized carbons (Fsp3) is 0.474. The van der Waals surface area contributed by atoms with E-state index in [1.165, 1.54) is 12.1 Å². The third kappa shape index (κ3) is 5.89. The van der Waals surface area contributed by atoms with E-state index in [2.05, 4.69) is 28.7 Å². The number of hydrogen-bond acceptors (Lipinski definition) is 2. The van der Waals surface area contributed by atoms with Crippen LogP contribution in [-0.4, -0.2) is 34.0 Å². The number of guanidine groups is 1. The average Bonchev–Trinajstić information content (AvgIpc) is 3.00. The molecule has 25 heavy (non-hydrogen) atoms. The van der Waals surface area contributed by atoms with E-state index >= 15 is 0 Å². The van der Waals surface area contributed by atoms with E-state index in [9.17, 15) is 4.39 Å². The number of imidazole rings is 1.